The topological polar surface area (TPSA) is 23.8 Å². The maximum atomic E-state index is 8.83. The van der Waals surface area contributed by atoms with Gasteiger partial charge in [-0.05, 0) is 16.7 Å². The summed E-state index contributed by atoms with van der Waals surface area (Å²) in [6, 6.07) is 22.0. The van der Waals surface area contributed by atoms with Crippen molar-refractivity contribution in [2.45, 2.75) is 0 Å². The van der Waals surface area contributed by atoms with Crippen LogP contribution in [0.2, 0.25) is 0 Å². The summed E-state index contributed by atoms with van der Waals surface area (Å²) in [5.41, 5.74) is 3.09. The molecule has 1 heteroatoms. The second kappa shape index (κ2) is 4.95. The molecule has 1 nitrogen and oxygen atoms in total. The molecule has 2 aromatic rings. The van der Waals surface area contributed by atoms with E-state index in [2.05, 4.69) is 6.07 Å². The number of hydrogen-bond donors (Lipinski definition) is 0. The first-order chi connectivity index (χ1) is 7.92. The molecule has 2 rings (SSSR count). The minimum absolute atomic E-state index is 0.962. The van der Waals surface area contributed by atoms with Crippen molar-refractivity contribution in [2.75, 3.05) is 0 Å². The fraction of sp³-hybridized carbons (Fsp3) is 0. The van der Waals surface area contributed by atoms with Crippen molar-refractivity contribution >= 4 is 5.57 Å². The molecule has 0 amide bonds. The van der Waals surface area contributed by atoms with Crippen LogP contribution in [0.3, 0.4) is 0 Å². The average molecular weight is 205 g/mol. The van der Waals surface area contributed by atoms with E-state index in [1.54, 1.807) is 6.08 Å². The molecule has 0 unspecified atom stereocenters. The van der Waals surface area contributed by atoms with Crippen LogP contribution in [0.4, 0.5) is 0 Å². The summed E-state index contributed by atoms with van der Waals surface area (Å²) >= 11 is 0. The minimum Gasteiger partial charge on any atom is -0.193 e. The van der Waals surface area contributed by atoms with Crippen LogP contribution in [-0.2, 0) is 0 Å². The largest absolute Gasteiger partial charge is 0.193 e. The van der Waals surface area contributed by atoms with Crippen LogP contribution in [0, 0.1) is 11.3 Å². The summed E-state index contributed by atoms with van der Waals surface area (Å²) in [6.45, 7) is 0. The quantitative estimate of drug-likeness (QED) is 0.686. The molecule has 16 heavy (non-hydrogen) atoms. The van der Waals surface area contributed by atoms with Crippen molar-refractivity contribution < 1.29 is 0 Å². The van der Waals surface area contributed by atoms with Crippen LogP contribution < -0.4 is 0 Å². The monoisotopic (exact) mass is 205 g/mol. The molecule has 0 saturated carbocycles. The highest BCUT2D eigenvalue weighted by Crippen LogP contribution is 2.22. The number of nitriles is 1. The molecule has 0 aliphatic carbocycles. The minimum atomic E-state index is 0.962. The van der Waals surface area contributed by atoms with Crippen molar-refractivity contribution in [3.63, 3.8) is 0 Å². The van der Waals surface area contributed by atoms with Gasteiger partial charge in [-0.2, -0.15) is 5.26 Å². The third-order valence-electron chi connectivity index (χ3n) is 2.38. The van der Waals surface area contributed by atoms with Crippen LogP contribution in [0.15, 0.2) is 66.7 Å². The van der Waals surface area contributed by atoms with E-state index in [0.29, 0.717) is 0 Å². The Bertz CT molecular complexity index is 477. The van der Waals surface area contributed by atoms with E-state index in [4.69, 9.17) is 5.26 Å². The highest BCUT2D eigenvalue weighted by molar-refractivity contribution is 5.81. The number of hydrogen-bond acceptors (Lipinski definition) is 1. The molecule has 0 heterocycles. The van der Waals surface area contributed by atoms with Gasteiger partial charge in [0.2, 0.25) is 0 Å². The molecule has 0 N–H and O–H groups in total. The van der Waals surface area contributed by atoms with Gasteiger partial charge in [0.05, 0.1) is 6.07 Å². The molecule has 2 aromatic carbocycles. The van der Waals surface area contributed by atoms with Crippen LogP contribution in [-0.4, -0.2) is 0 Å². The molecule has 0 aromatic heterocycles. The number of nitrogens with zero attached hydrogens (tertiary/aromatic N) is 1. The SMILES string of the molecule is N#CC=C(c1ccccc1)c1ccccc1. The van der Waals surface area contributed by atoms with Gasteiger partial charge in [0, 0.05) is 6.08 Å². The summed E-state index contributed by atoms with van der Waals surface area (Å²) in [7, 11) is 0. The van der Waals surface area contributed by atoms with Crippen molar-refractivity contribution in [3.8, 4) is 6.07 Å². The van der Waals surface area contributed by atoms with E-state index < -0.39 is 0 Å². The zero-order chi connectivity index (χ0) is 11.2. The molecular formula is C15H11N. The van der Waals surface area contributed by atoms with Gasteiger partial charge in [0.15, 0.2) is 0 Å². The van der Waals surface area contributed by atoms with Crippen molar-refractivity contribution in [1.82, 2.24) is 0 Å². The Morgan fingerprint density at radius 2 is 1.25 bits per heavy atom. The van der Waals surface area contributed by atoms with E-state index in [1.165, 1.54) is 0 Å². The van der Waals surface area contributed by atoms with E-state index in [-0.39, 0.29) is 0 Å². The van der Waals surface area contributed by atoms with E-state index in [0.717, 1.165) is 16.7 Å². The van der Waals surface area contributed by atoms with Gasteiger partial charge < -0.3 is 0 Å². The molecule has 0 radical (unpaired) electrons. The lowest BCUT2D eigenvalue weighted by Crippen LogP contribution is -1.86. The third kappa shape index (κ3) is 2.18. The summed E-state index contributed by atoms with van der Waals surface area (Å²) in [6.07, 6.45) is 1.59. The first kappa shape index (κ1) is 10.2. The smallest absolute Gasteiger partial charge is 0.0918 e. The van der Waals surface area contributed by atoms with Gasteiger partial charge >= 0.3 is 0 Å². The van der Waals surface area contributed by atoms with Gasteiger partial charge in [-0.15, -0.1) is 0 Å². The highest BCUT2D eigenvalue weighted by atomic mass is 14.2. The third-order valence-corrected chi connectivity index (χ3v) is 2.38. The molecule has 0 aliphatic heterocycles. The number of benzene rings is 2. The van der Waals surface area contributed by atoms with Gasteiger partial charge in [-0.1, -0.05) is 60.7 Å². The lowest BCUT2D eigenvalue weighted by molar-refractivity contribution is 1.51. The maximum absolute atomic E-state index is 8.83. The summed E-state index contributed by atoms with van der Waals surface area (Å²) in [4.78, 5) is 0. The van der Waals surface area contributed by atoms with Crippen molar-refractivity contribution in [1.29, 1.82) is 5.26 Å². The molecular weight excluding hydrogens is 194 g/mol. The zero-order valence-corrected chi connectivity index (χ0v) is 8.80. The Labute approximate surface area is 95.3 Å². The Kier molecular flexibility index (Phi) is 3.15. The molecule has 0 atom stereocenters. The van der Waals surface area contributed by atoms with Crippen LogP contribution >= 0.6 is 0 Å². The fourth-order valence-electron chi connectivity index (χ4n) is 1.63. The molecule has 76 valence electrons. The molecule has 0 spiro atoms. The average Bonchev–Trinajstić information content (AvgIpc) is 2.38. The van der Waals surface area contributed by atoms with Gasteiger partial charge in [0.25, 0.3) is 0 Å². The molecule has 0 aliphatic rings. The van der Waals surface area contributed by atoms with Crippen molar-refractivity contribution in [3.05, 3.63) is 77.9 Å². The summed E-state index contributed by atoms with van der Waals surface area (Å²) in [5.74, 6) is 0. The standard InChI is InChI=1S/C15H11N/c16-12-11-15(13-7-3-1-4-8-13)14-9-5-2-6-10-14/h1-11H. The van der Waals surface area contributed by atoms with Gasteiger partial charge in [-0.3, -0.25) is 0 Å². The lowest BCUT2D eigenvalue weighted by atomic mass is 9.98. The predicted molar refractivity (Wildman–Crippen MR) is 65.6 cm³/mol. The van der Waals surface area contributed by atoms with Gasteiger partial charge in [0.1, 0.15) is 0 Å². The van der Waals surface area contributed by atoms with Gasteiger partial charge in [-0.25, -0.2) is 0 Å². The molecule has 0 saturated heterocycles. The van der Waals surface area contributed by atoms with E-state index >= 15 is 0 Å². The first-order valence-corrected chi connectivity index (χ1v) is 5.12. The summed E-state index contributed by atoms with van der Waals surface area (Å²) < 4.78 is 0. The predicted octanol–water partition coefficient (Wildman–Crippen LogP) is 3.64. The Hall–Kier alpha value is -2.33. The number of allylic oxidation sites excluding steroid dienone is 1. The lowest BCUT2D eigenvalue weighted by Gasteiger charge is -2.06. The second-order valence-corrected chi connectivity index (χ2v) is 3.42. The summed E-state index contributed by atoms with van der Waals surface area (Å²) in [5, 5.41) is 8.83. The zero-order valence-electron chi connectivity index (χ0n) is 8.80. The Morgan fingerprint density at radius 1 is 0.812 bits per heavy atom. The van der Waals surface area contributed by atoms with Crippen LogP contribution in [0.5, 0.6) is 0 Å². The normalized spacial score (nSPS) is 9.19. The highest BCUT2D eigenvalue weighted by Gasteiger charge is 2.02. The molecule has 0 bridgehead atoms. The second-order valence-electron chi connectivity index (χ2n) is 3.42. The van der Waals surface area contributed by atoms with Crippen LogP contribution in [0.1, 0.15) is 11.1 Å². The fourth-order valence-corrected chi connectivity index (χ4v) is 1.63. The Balaban J connectivity index is 2.50. The number of rotatable bonds is 2. The molecule has 0 fully saturated rings. The Morgan fingerprint density at radius 3 is 1.62 bits per heavy atom. The maximum Gasteiger partial charge on any atom is 0.0918 e. The van der Waals surface area contributed by atoms with E-state index in [1.807, 2.05) is 60.7 Å². The van der Waals surface area contributed by atoms with Crippen molar-refractivity contribution in [2.24, 2.45) is 0 Å². The van der Waals surface area contributed by atoms with E-state index in [9.17, 15) is 0 Å². The van der Waals surface area contributed by atoms with Crippen LogP contribution in [0.25, 0.3) is 5.57 Å². The first-order valence-electron chi connectivity index (χ1n) is 5.12.